The Morgan fingerprint density at radius 3 is 1.74 bits per heavy atom. The van der Waals surface area contributed by atoms with Gasteiger partial charge in [0.05, 0.1) is 10.1 Å². The second kappa shape index (κ2) is 11.3. The summed E-state index contributed by atoms with van der Waals surface area (Å²) in [4.78, 5) is 16.5. The van der Waals surface area contributed by atoms with Crippen molar-refractivity contribution in [2.75, 3.05) is 9.62 Å². The molecule has 0 saturated carbocycles. The SMILES string of the molecule is CCC(Sc1ccc(NS(=O)(=O)c2ccccc2)cc1)C(=O)N(c1ccccc1)c1ccccc1. The molecule has 178 valence electrons. The summed E-state index contributed by atoms with van der Waals surface area (Å²) >= 11 is 1.47. The monoisotopic (exact) mass is 502 g/mol. The molecule has 0 saturated heterocycles. The zero-order chi connectivity index (χ0) is 24.7. The smallest absolute Gasteiger partial charge is 0.261 e. The maximum absolute atomic E-state index is 13.7. The molecule has 7 heteroatoms. The number of anilines is 3. The lowest BCUT2D eigenvalue weighted by atomic mass is 10.2. The van der Waals surface area contributed by atoms with E-state index in [4.69, 9.17) is 0 Å². The molecule has 1 amide bonds. The van der Waals surface area contributed by atoms with Gasteiger partial charge in [-0.2, -0.15) is 0 Å². The number of sulfonamides is 1. The van der Waals surface area contributed by atoms with Gasteiger partial charge < -0.3 is 0 Å². The molecule has 1 N–H and O–H groups in total. The number of carbonyl (C=O) groups excluding carboxylic acids is 1. The molecule has 35 heavy (non-hydrogen) atoms. The first-order chi connectivity index (χ1) is 17.0. The largest absolute Gasteiger partial charge is 0.280 e. The molecular weight excluding hydrogens is 476 g/mol. The average molecular weight is 503 g/mol. The maximum atomic E-state index is 13.7. The van der Waals surface area contributed by atoms with Crippen molar-refractivity contribution in [1.82, 2.24) is 0 Å². The highest BCUT2D eigenvalue weighted by Crippen LogP contribution is 2.33. The molecule has 0 spiro atoms. The van der Waals surface area contributed by atoms with Crippen molar-refractivity contribution in [3.8, 4) is 0 Å². The van der Waals surface area contributed by atoms with Crippen LogP contribution >= 0.6 is 11.8 Å². The van der Waals surface area contributed by atoms with Gasteiger partial charge in [0.1, 0.15) is 0 Å². The van der Waals surface area contributed by atoms with Gasteiger partial charge in [-0.3, -0.25) is 14.4 Å². The molecule has 4 aromatic rings. The van der Waals surface area contributed by atoms with Crippen LogP contribution in [0.4, 0.5) is 17.1 Å². The van der Waals surface area contributed by atoms with Gasteiger partial charge in [0, 0.05) is 22.0 Å². The number of amides is 1. The summed E-state index contributed by atoms with van der Waals surface area (Å²) in [7, 11) is -3.66. The zero-order valence-electron chi connectivity index (χ0n) is 19.2. The predicted octanol–water partition coefficient (Wildman–Crippen LogP) is 6.72. The van der Waals surface area contributed by atoms with Crippen LogP contribution in [0.3, 0.4) is 0 Å². The van der Waals surface area contributed by atoms with Gasteiger partial charge in [-0.15, -0.1) is 11.8 Å². The summed E-state index contributed by atoms with van der Waals surface area (Å²) in [5, 5.41) is -0.317. The molecule has 4 rings (SSSR count). The number of carbonyl (C=O) groups is 1. The van der Waals surface area contributed by atoms with Crippen LogP contribution < -0.4 is 9.62 Å². The molecule has 0 radical (unpaired) electrons. The van der Waals surface area contributed by atoms with Gasteiger partial charge in [0.2, 0.25) is 5.91 Å². The minimum atomic E-state index is -3.66. The van der Waals surface area contributed by atoms with Crippen molar-refractivity contribution in [2.45, 2.75) is 28.4 Å². The van der Waals surface area contributed by atoms with Crippen molar-refractivity contribution in [2.24, 2.45) is 0 Å². The molecule has 0 aromatic heterocycles. The fraction of sp³-hybridized carbons (Fsp3) is 0.107. The molecular formula is C28H26N2O3S2. The van der Waals surface area contributed by atoms with Crippen LogP contribution in [-0.2, 0) is 14.8 Å². The van der Waals surface area contributed by atoms with E-state index in [1.807, 2.05) is 79.7 Å². The van der Waals surface area contributed by atoms with E-state index >= 15 is 0 Å². The zero-order valence-corrected chi connectivity index (χ0v) is 20.9. The van der Waals surface area contributed by atoms with E-state index in [0.717, 1.165) is 16.3 Å². The Kier molecular flexibility index (Phi) is 7.90. The van der Waals surface area contributed by atoms with E-state index in [9.17, 15) is 13.2 Å². The number of hydrogen-bond acceptors (Lipinski definition) is 4. The lowest BCUT2D eigenvalue weighted by Gasteiger charge is -2.27. The lowest BCUT2D eigenvalue weighted by molar-refractivity contribution is -0.117. The highest BCUT2D eigenvalue weighted by Gasteiger charge is 2.26. The molecule has 0 bridgehead atoms. The fourth-order valence-electron chi connectivity index (χ4n) is 3.59. The number of nitrogens with one attached hydrogen (secondary N) is 1. The summed E-state index contributed by atoms with van der Waals surface area (Å²) in [6.45, 7) is 1.99. The first-order valence-electron chi connectivity index (χ1n) is 11.3. The second-order valence-corrected chi connectivity index (χ2v) is 10.8. The Balaban J connectivity index is 1.52. The second-order valence-electron chi connectivity index (χ2n) is 7.80. The molecule has 0 heterocycles. The molecule has 1 atom stereocenters. The first-order valence-corrected chi connectivity index (χ1v) is 13.6. The first kappa shape index (κ1) is 24.6. The van der Waals surface area contributed by atoms with E-state index in [1.165, 1.54) is 11.8 Å². The third-order valence-corrected chi connectivity index (χ3v) is 8.09. The number of rotatable bonds is 9. The van der Waals surface area contributed by atoms with Crippen LogP contribution in [0.15, 0.2) is 125 Å². The molecule has 0 aliphatic carbocycles. The number of benzene rings is 4. The van der Waals surface area contributed by atoms with Crippen molar-refractivity contribution in [3.05, 3.63) is 115 Å². The van der Waals surface area contributed by atoms with Gasteiger partial charge >= 0.3 is 0 Å². The van der Waals surface area contributed by atoms with Crippen LogP contribution in [0.1, 0.15) is 13.3 Å². The molecule has 4 aromatic carbocycles. The molecule has 0 aliphatic rings. The van der Waals surface area contributed by atoms with E-state index in [1.54, 1.807) is 47.4 Å². The molecule has 0 fully saturated rings. The Morgan fingerprint density at radius 2 is 1.26 bits per heavy atom. The minimum Gasteiger partial charge on any atom is -0.280 e. The van der Waals surface area contributed by atoms with E-state index in [2.05, 4.69) is 4.72 Å². The predicted molar refractivity (Wildman–Crippen MR) is 144 cm³/mol. The maximum Gasteiger partial charge on any atom is 0.261 e. The fourth-order valence-corrected chi connectivity index (χ4v) is 5.66. The van der Waals surface area contributed by atoms with E-state index < -0.39 is 10.0 Å². The van der Waals surface area contributed by atoms with Crippen LogP contribution in [-0.4, -0.2) is 19.6 Å². The molecule has 5 nitrogen and oxygen atoms in total. The summed E-state index contributed by atoms with van der Waals surface area (Å²) in [5.41, 5.74) is 2.09. The van der Waals surface area contributed by atoms with Gasteiger partial charge in [-0.25, -0.2) is 8.42 Å². The van der Waals surface area contributed by atoms with Crippen molar-refractivity contribution >= 4 is 44.8 Å². The van der Waals surface area contributed by atoms with Crippen LogP contribution in [0.2, 0.25) is 0 Å². The number of hydrogen-bond donors (Lipinski definition) is 1. The van der Waals surface area contributed by atoms with Crippen LogP contribution in [0.5, 0.6) is 0 Å². The average Bonchev–Trinajstić information content (AvgIpc) is 2.90. The van der Waals surface area contributed by atoms with Crippen LogP contribution in [0, 0.1) is 0 Å². The Hall–Kier alpha value is -3.55. The number of nitrogens with zero attached hydrogens (tertiary/aromatic N) is 1. The summed E-state index contributed by atoms with van der Waals surface area (Å²) in [5.74, 6) is -0.0104. The summed E-state index contributed by atoms with van der Waals surface area (Å²) < 4.78 is 27.8. The van der Waals surface area contributed by atoms with Crippen LogP contribution in [0.25, 0.3) is 0 Å². The van der Waals surface area contributed by atoms with Gasteiger partial charge in [0.15, 0.2) is 0 Å². The number of thioether (sulfide) groups is 1. The van der Waals surface area contributed by atoms with Crippen molar-refractivity contribution in [3.63, 3.8) is 0 Å². The summed E-state index contributed by atoms with van der Waals surface area (Å²) in [6, 6.07) is 34.6. The standard InChI is InChI=1S/C28H26N2O3S2/c1-2-27(28(31)30(23-12-6-3-7-13-23)24-14-8-4-9-15-24)34-25-20-18-22(19-21-25)29-35(32,33)26-16-10-5-11-17-26/h3-21,27,29H,2H2,1H3. The highest BCUT2D eigenvalue weighted by molar-refractivity contribution is 8.00. The van der Waals surface area contributed by atoms with Gasteiger partial charge in [-0.05, 0) is 67.1 Å². The third-order valence-electron chi connectivity index (χ3n) is 5.33. The van der Waals surface area contributed by atoms with E-state index in [-0.39, 0.29) is 16.1 Å². The lowest BCUT2D eigenvalue weighted by Crippen LogP contribution is -2.34. The van der Waals surface area contributed by atoms with Gasteiger partial charge in [0.25, 0.3) is 10.0 Å². The topological polar surface area (TPSA) is 66.5 Å². The summed E-state index contributed by atoms with van der Waals surface area (Å²) in [6.07, 6.45) is 0.641. The van der Waals surface area contributed by atoms with Crippen molar-refractivity contribution < 1.29 is 13.2 Å². The third kappa shape index (κ3) is 6.12. The minimum absolute atomic E-state index is 0.0104. The Morgan fingerprint density at radius 1 is 0.771 bits per heavy atom. The Bertz CT molecular complexity index is 1310. The highest BCUT2D eigenvalue weighted by atomic mass is 32.2. The van der Waals surface area contributed by atoms with Crippen molar-refractivity contribution in [1.29, 1.82) is 0 Å². The van der Waals surface area contributed by atoms with E-state index in [0.29, 0.717) is 12.1 Å². The number of para-hydroxylation sites is 2. The molecule has 0 aliphatic heterocycles. The molecule has 1 unspecified atom stereocenters. The quantitative estimate of drug-likeness (QED) is 0.258. The normalized spacial score (nSPS) is 12.0. The Labute approximate surface area is 210 Å². The van der Waals surface area contributed by atoms with Gasteiger partial charge in [-0.1, -0.05) is 61.5 Å².